The molecule has 0 fully saturated rings. The first-order valence-corrected chi connectivity index (χ1v) is 7.41. The minimum absolute atomic E-state index is 0.0359. The van der Waals surface area contributed by atoms with E-state index < -0.39 is 0 Å². The van der Waals surface area contributed by atoms with Gasteiger partial charge in [0.2, 0.25) is 5.91 Å². The lowest BCUT2D eigenvalue weighted by Crippen LogP contribution is -2.30. The number of nitriles is 1. The van der Waals surface area contributed by atoms with Crippen LogP contribution in [-0.4, -0.2) is 12.2 Å². The minimum atomic E-state index is -0.140. The van der Waals surface area contributed by atoms with Crippen molar-refractivity contribution in [1.29, 1.82) is 5.26 Å². The van der Waals surface area contributed by atoms with Crippen LogP contribution in [0.3, 0.4) is 0 Å². The normalized spacial score (nSPS) is 19.4. The highest BCUT2D eigenvalue weighted by Crippen LogP contribution is 2.35. The predicted molar refractivity (Wildman–Crippen MR) is 75.8 cm³/mol. The lowest BCUT2D eigenvalue weighted by molar-refractivity contribution is -0.120. The van der Waals surface area contributed by atoms with E-state index in [4.69, 9.17) is 0 Å². The average molecular weight is 323 g/mol. The highest BCUT2D eigenvalue weighted by atomic mass is 79.9. The molecule has 0 bridgehead atoms. The molecule has 1 amide bonds. The summed E-state index contributed by atoms with van der Waals surface area (Å²) in [6.45, 7) is 0. The molecule has 1 atom stereocenters. The number of halogens is 1. The molecule has 0 spiro atoms. The van der Waals surface area contributed by atoms with Gasteiger partial charge in [-0.3, -0.25) is 4.79 Å². The summed E-state index contributed by atoms with van der Waals surface area (Å²) < 4.78 is 0.985. The molecule has 5 heteroatoms. The van der Waals surface area contributed by atoms with Gasteiger partial charge in [-0.25, -0.2) is 0 Å². The van der Waals surface area contributed by atoms with E-state index in [0.717, 1.165) is 10.0 Å². The molecule has 1 aliphatic heterocycles. The minimum Gasteiger partial charge on any atom is -0.320 e. The molecule has 1 aliphatic rings. The van der Waals surface area contributed by atoms with Crippen LogP contribution in [0.15, 0.2) is 39.3 Å². The number of benzene rings is 1. The van der Waals surface area contributed by atoms with Gasteiger partial charge in [-0.1, -0.05) is 28.1 Å². The smallest absolute Gasteiger partial charge is 0.225 e. The quantitative estimate of drug-likeness (QED) is 0.910. The van der Waals surface area contributed by atoms with Gasteiger partial charge in [-0.05, 0) is 24.0 Å². The third kappa shape index (κ3) is 2.60. The molecule has 3 nitrogen and oxygen atoms in total. The average Bonchev–Trinajstić information content (AvgIpc) is 2.38. The maximum atomic E-state index is 11.7. The Hall–Kier alpha value is -1.25. The second kappa shape index (κ2) is 5.59. The number of hydrogen-bond donors (Lipinski definition) is 1. The van der Waals surface area contributed by atoms with Crippen molar-refractivity contribution < 1.29 is 4.79 Å². The summed E-state index contributed by atoms with van der Waals surface area (Å²) >= 11 is 4.78. The van der Waals surface area contributed by atoms with Gasteiger partial charge < -0.3 is 5.32 Å². The van der Waals surface area contributed by atoms with E-state index in [1.807, 2.05) is 30.5 Å². The number of thioether (sulfide) groups is 1. The standard InChI is InChI=1S/C13H11BrN2OS/c1-18-13-11(7-15)10(6-12(17)16-13)8-2-4-9(14)5-3-8/h2-5,10H,6H2,1H3,(H,16,17)/t10-/m0/s1. The summed E-state index contributed by atoms with van der Waals surface area (Å²) in [5, 5.41) is 12.7. The molecule has 1 aromatic carbocycles. The largest absolute Gasteiger partial charge is 0.320 e. The van der Waals surface area contributed by atoms with Crippen LogP contribution in [-0.2, 0) is 4.79 Å². The Bertz CT molecular complexity index is 545. The highest BCUT2D eigenvalue weighted by Gasteiger charge is 2.28. The number of amides is 1. The lowest BCUT2D eigenvalue weighted by atomic mass is 9.87. The van der Waals surface area contributed by atoms with Crippen LogP contribution in [0.25, 0.3) is 0 Å². The molecule has 0 unspecified atom stereocenters. The summed E-state index contributed by atoms with van der Waals surface area (Å²) in [6, 6.07) is 9.97. The van der Waals surface area contributed by atoms with E-state index in [0.29, 0.717) is 17.0 Å². The van der Waals surface area contributed by atoms with Crippen LogP contribution in [0.4, 0.5) is 0 Å². The summed E-state index contributed by atoms with van der Waals surface area (Å²) in [6.07, 6.45) is 2.19. The molecule has 1 heterocycles. The fraction of sp³-hybridized carbons (Fsp3) is 0.231. The molecule has 1 aromatic rings. The zero-order valence-electron chi connectivity index (χ0n) is 9.74. The third-order valence-corrected chi connectivity index (χ3v) is 4.09. The number of allylic oxidation sites excluding steroid dienone is 1. The molecule has 0 saturated heterocycles. The van der Waals surface area contributed by atoms with Crippen molar-refractivity contribution in [3.05, 3.63) is 44.9 Å². The zero-order valence-corrected chi connectivity index (χ0v) is 12.1. The van der Waals surface area contributed by atoms with Gasteiger partial charge in [-0.2, -0.15) is 5.26 Å². The number of carbonyl (C=O) groups is 1. The summed E-state index contributed by atoms with van der Waals surface area (Å²) in [7, 11) is 0. The Morgan fingerprint density at radius 3 is 2.67 bits per heavy atom. The maximum absolute atomic E-state index is 11.7. The van der Waals surface area contributed by atoms with Crippen molar-refractivity contribution in [3.63, 3.8) is 0 Å². The Kier molecular flexibility index (Phi) is 4.10. The third-order valence-electron chi connectivity index (χ3n) is 2.83. The van der Waals surface area contributed by atoms with Crippen molar-refractivity contribution in [2.75, 3.05) is 6.26 Å². The number of hydrogen-bond acceptors (Lipinski definition) is 3. The van der Waals surface area contributed by atoms with Gasteiger partial charge in [0.1, 0.15) is 0 Å². The predicted octanol–water partition coefficient (Wildman–Crippen LogP) is 3.15. The topological polar surface area (TPSA) is 52.9 Å². The Morgan fingerprint density at radius 2 is 2.11 bits per heavy atom. The van der Waals surface area contributed by atoms with Crippen LogP contribution >= 0.6 is 27.7 Å². The number of nitrogens with one attached hydrogen (secondary N) is 1. The monoisotopic (exact) mass is 322 g/mol. The lowest BCUT2D eigenvalue weighted by Gasteiger charge is -2.24. The molecule has 0 aromatic heterocycles. The summed E-state index contributed by atoms with van der Waals surface area (Å²) in [4.78, 5) is 11.7. The van der Waals surface area contributed by atoms with Crippen molar-refractivity contribution in [3.8, 4) is 6.07 Å². The second-order valence-corrected chi connectivity index (χ2v) is 5.65. The van der Waals surface area contributed by atoms with Gasteiger partial charge >= 0.3 is 0 Å². The van der Waals surface area contributed by atoms with Crippen LogP contribution in [0.5, 0.6) is 0 Å². The first-order valence-electron chi connectivity index (χ1n) is 5.39. The molecule has 0 aliphatic carbocycles. The zero-order chi connectivity index (χ0) is 13.1. The molecule has 18 heavy (non-hydrogen) atoms. The van der Waals surface area contributed by atoms with Gasteiger partial charge in [-0.15, -0.1) is 11.8 Å². The summed E-state index contributed by atoms with van der Waals surface area (Å²) in [5.74, 6) is -0.175. The van der Waals surface area contributed by atoms with Crippen LogP contribution < -0.4 is 5.32 Å². The number of carbonyl (C=O) groups excluding carboxylic acids is 1. The van der Waals surface area contributed by atoms with Crippen LogP contribution in [0, 0.1) is 11.3 Å². The van der Waals surface area contributed by atoms with E-state index in [1.165, 1.54) is 11.8 Å². The highest BCUT2D eigenvalue weighted by molar-refractivity contribution is 9.10. The molecule has 92 valence electrons. The summed E-state index contributed by atoms with van der Waals surface area (Å²) in [5.41, 5.74) is 1.64. The van der Waals surface area contributed by atoms with E-state index in [2.05, 4.69) is 27.3 Å². The Balaban J connectivity index is 2.45. The molecular weight excluding hydrogens is 312 g/mol. The fourth-order valence-corrected chi connectivity index (χ4v) is 2.85. The van der Waals surface area contributed by atoms with Crippen molar-refractivity contribution in [2.45, 2.75) is 12.3 Å². The Morgan fingerprint density at radius 1 is 1.44 bits per heavy atom. The number of rotatable bonds is 2. The Labute approximate surface area is 118 Å². The van der Waals surface area contributed by atoms with E-state index >= 15 is 0 Å². The SMILES string of the molecule is CSC1=C(C#N)[C@H](c2ccc(Br)cc2)CC(=O)N1. The fourth-order valence-electron chi connectivity index (χ4n) is 1.96. The molecule has 1 N–H and O–H groups in total. The molecular formula is C13H11BrN2OS. The van der Waals surface area contributed by atoms with Crippen LogP contribution in [0.2, 0.25) is 0 Å². The van der Waals surface area contributed by atoms with Crippen LogP contribution in [0.1, 0.15) is 17.9 Å². The van der Waals surface area contributed by atoms with Crippen molar-refractivity contribution in [1.82, 2.24) is 5.32 Å². The molecule has 2 rings (SSSR count). The maximum Gasteiger partial charge on any atom is 0.225 e. The van der Waals surface area contributed by atoms with E-state index in [-0.39, 0.29) is 11.8 Å². The van der Waals surface area contributed by atoms with Gasteiger partial charge in [0, 0.05) is 16.8 Å². The van der Waals surface area contributed by atoms with E-state index in [9.17, 15) is 10.1 Å². The van der Waals surface area contributed by atoms with Crippen molar-refractivity contribution >= 4 is 33.6 Å². The first-order chi connectivity index (χ1) is 8.65. The van der Waals surface area contributed by atoms with Gasteiger partial charge in [0.05, 0.1) is 16.7 Å². The number of nitrogens with zero attached hydrogens (tertiary/aromatic N) is 1. The van der Waals surface area contributed by atoms with E-state index in [1.54, 1.807) is 0 Å². The molecule has 0 radical (unpaired) electrons. The van der Waals surface area contributed by atoms with Gasteiger partial charge in [0.15, 0.2) is 0 Å². The van der Waals surface area contributed by atoms with Gasteiger partial charge in [0.25, 0.3) is 0 Å². The van der Waals surface area contributed by atoms with Crippen molar-refractivity contribution in [2.24, 2.45) is 0 Å². The second-order valence-electron chi connectivity index (χ2n) is 3.92. The first kappa shape index (κ1) is 13.2. The molecule has 0 saturated carbocycles.